The second-order valence-electron chi connectivity index (χ2n) is 9.28. The van der Waals surface area contributed by atoms with E-state index in [-0.39, 0.29) is 26.9 Å². The van der Waals surface area contributed by atoms with Gasteiger partial charge in [-0.15, -0.1) is 0 Å². The highest BCUT2D eigenvalue weighted by Crippen LogP contribution is 2.48. The van der Waals surface area contributed by atoms with Gasteiger partial charge in [0.15, 0.2) is 0 Å². The summed E-state index contributed by atoms with van der Waals surface area (Å²) < 4.78 is 5.35. The van der Waals surface area contributed by atoms with E-state index in [1.165, 1.54) is 12.0 Å². The molecule has 1 aromatic carbocycles. The molecule has 0 fully saturated rings. The Bertz CT molecular complexity index is 632. The first-order valence-corrected chi connectivity index (χ1v) is 8.94. The van der Waals surface area contributed by atoms with Gasteiger partial charge < -0.3 is 4.18 Å². The molecule has 0 radical (unpaired) electrons. The topological polar surface area (TPSA) is 52.4 Å². The lowest BCUT2D eigenvalue weighted by molar-refractivity contribution is -0.387. The average molecular weight is 354 g/mol. The molecular formula is C19H31NO3S. The lowest BCUT2D eigenvalue weighted by Gasteiger charge is -2.32. The van der Waals surface area contributed by atoms with Crippen LogP contribution in [0, 0.1) is 10.1 Å². The highest BCUT2D eigenvalue weighted by Gasteiger charge is 2.39. The van der Waals surface area contributed by atoms with Crippen LogP contribution in [0.15, 0.2) is 11.0 Å². The van der Waals surface area contributed by atoms with Crippen LogP contribution in [0.5, 0.6) is 0 Å². The second kappa shape index (κ2) is 6.68. The average Bonchev–Trinajstić information content (AvgIpc) is 2.33. The van der Waals surface area contributed by atoms with E-state index >= 15 is 0 Å². The van der Waals surface area contributed by atoms with Crippen LogP contribution in [-0.2, 0) is 20.4 Å². The summed E-state index contributed by atoms with van der Waals surface area (Å²) in [6.07, 6.45) is 0. The molecule has 5 heteroatoms. The molecule has 0 N–H and O–H groups in total. The molecule has 0 saturated carbocycles. The number of benzene rings is 1. The van der Waals surface area contributed by atoms with Crippen molar-refractivity contribution in [2.75, 3.05) is 7.11 Å². The number of nitrogens with zero attached hydrogens (tertiary/aromatic N) is 1. The number of rotatable bonds is 3. The lowest BCUT2D eigenvalue weighted by Crippen LogP contribution is -2.25. The van der Waals surface area contributed by atoms with Crippen LogP contribution in [0.3, 0.4) is 0 Å². The third kappa shape index (κ3) is 4.31. The van der Waals surface area contributed by atoms with Crippen molar-refractivity contribution >= 4 is 17.7 Å². The molecule has 1 aromatic rings. The summed E-state index contributed by atoms with van der Waals surface area (Å²) in [5, 5.41) is 12.0. The SMILES string of the molecule is COSc1c(C(C)(C)C)cc(C(C)(C)C)c([N+](=O)[O-])c1C(C)(C)C. The van der Waals surface area contributed by atoms with E-state index in [9.17, 15) is 10.1 Å². The van der Waals surface area contributed by atoms with Gasteiger partial charge in [-0.1, -0.05) is 62.3 Å². The zero-order valence-electron chi connectivity index (χ0n) is 16.7. The fourth-order valence-corrected chi connectivity index (χ4v) is 3.95. The van der Waals surface area contributed by atoms with Crippen molar-refractivity contribution in [2.24, 2.45) is 0 Å². The summed E-state index contributed by atoms with van der Waals surface area (Å²) in [5.41, 5.74) is 2.02. The van der Waals surface area contributed by atoms with Crippen LogP contribution in [0.25, 0.3) is 0 Å². The van der Waals surface area contributed by atoms with Gasteiger partial charge in [0.2, 0.25) is 0 Å². The van der Waals surface area contributed by atoms with Gasteiger partial charge in [0, 0.05) is 22.5 Å². The van der Waals surface area contributed by atoms with Crippen LogP contribution in [0.1, 0.15) is 79.0 Å². The molecule has 0 aromatic heterocycles. The standard InChI is InChI=1S/C19H31NO3S/c1-17(2,3)12-11-13(18(4,5)6)16(24-23-10)14(19(7,8)9)15(12)20(21)22/h11H,1-10H3. The highest BCUT2D eigenvalue weighted by atomic mass is 32.2. The molecule has 136 valence electrons. The Labute approximate surface area is 150 Å². The van der Waals surface area contributed by atoms with Crippen LogP contribution >= 0.6 is 12.0 Å². The minimum absolute atomic E-state index is 0.143. The Morgan fingerprint density at radius 1 is 0.917 bits per heavy atom. The van der Waals surface area contributed by atoms with Crippen molar-refractivity contribution in [1.29, 1.82) is 0 Å². The van der Waals surface area contributed by atoms with Gasteiger partial charge in [0.25, 0.3) is 5.69 Å². The molecule has 0 heterocycles. The van der Waals surface area contributed by atoms with Crippen LogP contribution in [0.2, 0.25) is 0 Å². The predicted octanol–water partition coefficient (Wildman–Crippen LogP) is 6.14. The van der Waals surface area contributed by atoms with E-state index in [0.717, 1.165) is 21.6 Å². The maximum Gasteiger partial charge on any atom is 0.278 e. The van der Waals surface area contributed by atoms with Gasteiger partial charge in [-0.25, -0.2) is 0 Å². The Balaban J connectivity index is 4.15. The quantitative estimate of drug-likeness (QED) is 0.372. The third-order valence-electron chi connectivity index (χ3n) is 3.97. The van der Waals surface area contributed by atoms with Gasteiger partial charge in [-0.2, -0.15) is 0 Å². The summed E-state index contributed by atoms with van der Waals surface area (Å²) in [6.45, 7) is 18.5. The number of nitro groups is 1. The number of hydrogen-bond acceptors (Lipinski definition) is 4. The van der Waals surface area contributed by atoms with E-state index in [1.54, 1.807) is 7.11 Å². The molecule has 0 amide bonds. The van der Waals surface area contributed by atoms with Gasteiger partial charge >= 0.3 is 0 Å². The Kier molecular flexibility index (Phi) is 5.84. The van der Waals surface area contributed by atoms with Crippen molar-refractivity contribution in [2.45, 2.75) is 83.5 Å². The van der Waals surface area contributed by atoms with E-state index in [0.29, 0.717) is 0 Å². The minimum Gasteiger partial charge on any atom is -0.314 e. The maximum absolute atomic E-state index is 12.0. The van der Waals surface area contributed by atoms with Crippen molar-refractivity contribution in [3.8, 4) is 0 Å². The van der Waals surface area contributed by atoms with Gasteiger partial charge in [-0.05, 0) is 27.9 Å². The largest absolute Gasteiger partial charge is 0.314 e. The molecule has 0 saturated heterocycles. The normalized spacial score (nSPS) is 13.2. The zero-order chi connectivity index (χ0) is 19.1. The van der Waals surface area contributed by atoms with Crippen molar-refractivity contribution in [3.63, 3.8) is 0 Å². The molecule has 1 rings (SSSR count). The summed E-state index contributed by atoms with van der Waals surface area (Å²) >= 11 is 1.23. The van der Waals surface area contributed by atoms with E-state index in [4.69, 9.17) is 4.18 Å². The molecule has 24 heavy (non-hydrogen) atoms. The van der Waals surface area contributed by atoms with Gasteiger partial charge in [0.05, 0.1) is 17.6 Å². The smallest absolute Gasteiger partial charge is 0.278 e. The van der Waals surface area contributed by atoms with Crippen LogP contribution < -0.4 is 0 Å². The van der Waals surface area contributed by atoms with Crippen LogP contribution in [0.4, 0.5) is 5.69 Å². The molecule has 0 aliphatic carbocycles. The molecular weight excluding hydrogens is 322 g/mol. The van der Waals surface area contributed by atoms with Gasteiger partial charge in [-0.3, -0.25) is 10.1 Å². The molecule has 0 bridgehead atoms. The zero-order valence-corrected chi connectivity index (χ0v) is 17.5. The number of nitro benzene ring substituents is 1. The predicted molar refractivity (Wildman–Crippen MR) is 102 cm³/mol. The first kappa shape index (κ1) is 21.0. The first-order valence-electron chi connectivity index (χ1n) is 8.20. The fraction of sp³-hybridized carbons (Fsp3) is 0.684. The maximum atomic E-state index is 12.0. The molecule has 0 aliphatic rings. The Morgan fingerprint density at radius 3 is 1.67 bits per heavy atom. The molecule has 4 nitrogen and oxygen atoms in total. The molecule has 0 atom stereocenters. The van der Waals surface area contributed by atoms with Gasteiger partial charge in [0.1, 0.15) is 0 Å². The third-order valence-corrected chi connectivity index (χ3v) is 4.72. The van der Waals surface area contributed by atoms with Crippen molar-refractivity contribution < 1.29 is 9.11 Å². The van der Waals surface area contributed by atoms with Crippen LogP contribution in [-0.4, -0.2) is 12.0 Å². The van der Waals surface area contributed by atoms with E-state index in [2.05, 4.69) is 20.8 Å². The molecule has 0 aliphatic heterocycles. The second-order valence-corrected chi connectivity index (χ2v) is 10.2. The minimum atomic E-state index is -0.371. The fourth-order valence-electron chi connectivity index (χ4n) is 2.84. The van der Waals surface area contributed by atoms with Crippen molar-refractivity contribution in [1.82, 2.24) is 0 Å². The summed E-state index contributed by atoms with van der Waals surface area (Å²) in [6, 6.07) is 2.01. The Hall–Kier alpha value is -1.07. The Morgan fingerprint density at radius 2 is 1.38 bits per heavy atom. The monoisotopic (exact) mass is 353 g/mol. The lowest BCUT2D eigenvalue weighted by atomic mass is 9.74. The summed E-state index contributed by atoms with van der Waals surface area (Å²) in [4.78, 5) is 12.7. The van der Waals surface area contributed by atoms with E-state index in [1.807, 2.05) is 47.6 Å². The van der Waals surface area contributed by atoms with Crippen molar-refractivity contribution in [3.05, 3.63) is 32.9 Å². The summed E-state index contributed by atoms with van der Waals surface area (Å²) in [7, 11) is 1.60. The highest BCUT2D eigenvalue weighted by molar-refractivity contribution is 7.94. The number of hydrogen-bond donors (Lipinski definition) is 0. The molecule has 0 spiro atoms. The summed E-state index contributed by atoms with van der Waals surface area (Å²) in [5.74, 6) is 0. The van der Waals surface area contributed by atoms with E-state index < -0.39 is 0 Å². The first-order chi connectivity index (χ1) is 10.6. The molecule has 0 unspecified atom stereocenters.